The number of alkyl halides is 3. The van der Waals surface area contributed by atoms with Crippen molar-refractivity contribution in [2.45, 2.75) is 18.5 Å². The largest absolute Gasteiger partial charge is 0.416 e. The number of amides is 1. The Kier molecular flexibility index (Phi) is 6.81. The molecule has 0 radical (unpaired) electrons. The maximum Gasteiger partial charge on any atom is 0.416 e. The molecule has 0 aliphatic carbocycles. The molecule has 5 nitrogen and oxygen atoms in total. The smallest absolute Gasteiger partial charge is 0.379 e. The van der Waals surface area contributed by atoms with Crippen molar-refractivity contribution in [1.29, 1.82) is 0 Å². The van der Waals surface area contributed by atoms with Crippen molar-refractivity contribution in [2.75, 3.05) is 39.4 Å². The zero-order chi connectivity index (χ0) is 22.6. The van der Waals surface area contributed by atoms with E-state index in [2.05, 4.69) is 15.2 Å². The van der Waals surface area contributed by atoms with Crippen LogP contribution in [0.25, 0.3) is 10.9 Å². The summed E-state index contributed by atoms with van der Waals surface area (Å²) in [6, 6.07) is 12.8. The molecule has 0 unspecified atom stereocenters. The van der Waals surface area contributed by atoms with Crippen molar-refractivity contribution >= 4 is 16.8 Å². The number of H-pyrrole nitrogens is 1. The highest BCUT2D eigenvalue weighted by Crippen LogP contribution is 2.36. The van der Waals surface area contributed by atoms with E-state index in [4.69, 9.17) is 4.74 Å². The predicted octanol–water partition coefficient (Wildman–Crippen LogP) is 4.16. The number of nitrogens with one attached hydrogen (secondary N) is 2. The van der Waals surface area contributed by atoms with Crippen LogP contribution in [0.4, 0.5) is 13.2 Å². The van der Waals surface area contributed by atoms with Crippen LogP contribution in [-0.2, 0) is 15.7 Å². The molecule has 32 heavy (non-hydrogen) atoms. The van der Waals surface area contributed by atoms with E-state index in [1.807, 2.05) is 24.3 Å². The summed E-state index contributed by atoms with van der Waals surface area (Å²) in [6.07, 6.45) is -2.59. The summed E-state index contributed by atoms with van der Waals surface area (Å²) in [6.45, 7) is 4.24. The maximum absolute atomic E-state index is 13.3. The molecule has 4 rings (SSSR count). The first-order valence-corrected chi connectivity index (χ1v) is 10.7. The molecule has 1 saturated heterocycles. The Morgan fingerprint density at radius 1 is 1.12 bits per heavy atom. The van der Waals surface area contributed by atoms with Crippen molar-refractivity contribution in [3.05, 3.63) is 71.4 Å². The first-order chi connectivity index (χ1) is 15.4. The van der Waals surface area contributed by atoms with Gasteiger partial charge >= 0.3 is 6.18 Å². The van der Waals surface area contributed by atoms with Gasteiger partial charge in [-0.2, -0.15) is 13.2 Å². The fourth-order valence-corrected chi connectivity index (χ4v) is 4.16. The first kappa shape index (κ1) is 22.4. The van der Waals surface area contributed by atoms with Gasteiger partial charge in [-0.15, -0.1) is 0 Å². The van der Waals surface area contributed by atoms with Crippen LogP contribution >= 0.6 is 0 Å². The Morgan fingerprint density at radius 3 is 2.69 bits per heavy atom. The predicted molar refractivity (Wildman–Crippen MR) is 116 cm³/mol. The number of hydrogen-bond donors (Lipinski definition) is 2. The summed E-state index contributed by atoms with van der Waals surface area (Å²) in [5.74, 6) is -0.692. The minimum Gasteiger partial charge on any atom is -0.379 e. The highest BCUT2D eigenvalue weighted by Gasteiger charge is 2.31. The third-order valence-electron chi connectivity index (χ3n) is 5.86. The summed E-state index contributed by atoms with van der Waals surface area (Å²) in [4.78, 5) is 18.2. The standard InChI is InChI=1S/C24H26F3N3O2/c25-24(26,27)18-5-3-4-17(14-18)20(21-16-29-22-7-2-1-6-19(21)22)15-23(31)28-8-9-30-10-12-32-13-11-30/h1-7,14,16,20,29H,8-13,15H2,(H,28,31)/t20-/m0/s1. The second-order valence-corrected chi connectivity index (χ2v) is 7.97. The molecule has 0 spiro atoms. The second-order valence-electron chi connectivity index (χ2n) is 7.97. The number of benzene rings is 2. The molecule has 1 aliphatic rings. The second kappa shape index (κ2) is 9.75. The molecule has 3 aromatic rings. The van der Waals surface area contributed by atoms with Gasteiger partial charge in [0, 0.05) is 55.6 Å². The Labute approximate surface area is 184 Å². The van der Waals surface area contributed by atoms with Crippen LogP contribution in [0.1, 0.15) is 29.0 Å². The maximum atomic E-state index is 13.3. The number of morpholine rings is 1. The third kappa shape index (κ3) is 5.31. The molecule has 2 aromatic carbocycles. The van der Waals surface area contributed by atoms with Crippen LogP contribution in [0.2, 0.25) is 0 Å². The van der Waals surface area contributed by atoms with Gasteiger partial charge in [-0.05, 0) is 23.3 Å². The number of para-hydroxylation sites is 1. The summed E-state index contributed by atoms with van der Waals surface area (Å²) < 4.78 is 45.3. The molecule has 2 N–H and O–H groups in total. The van der Waals surface area contributed by atoms with Gasteiger partial charge in [0.1, 0.15) is 0 Å². The number of aromatic amines is 1. The van der Waals surface area contributed by atoms with Crippen molar-refractivity contribution in [1.82, 2.24) is 15.2 Å². The van der Waals surface area contributed by atoms with E-state index in [1.54, 1.807) is 12.3 Å². The van der Waals surface area contributed by atoms with E-state index in [9.17, 15) is 18.0 Å². The number of rotatable bonds is 7. The van der Waals surface area contributed by atoms with Gasteiger partial charge in [0.15, 0.2) is 0 Å². The molecule has 170 valence electrons. The number of aromatic nitrogens is 1. The fourth-order valence-electron chi connectivity index (χ4n) is 4.16. The van der Waals surface area contributed by atoms with Crippen molar-refractivity contribution in [3.8, 4) is 0 Å². The number of halogens is 3. The van der Waals surface area contributed by atoms with Crippen LogP contribution in [0, 0.1) is 0 Å². The van der Waals surface area contributed by atoms with Crippen LogP contribution in [0.15, 0.2) is 54.7 Å². The van der Waals surface area contributed by atoms with E-state index < -0.39 is 17.7 Å². The molecular formula is C24H26F3N3O2. The number of hydrogen-bond acceptors (Lipinski definition) is 3. The van der Waals surface area contributed by atoms with Gasteiger partial charge in [0.05, 0.1) is 18.8 Å². The van der Waals surface area contributed by atoms with Gasteiger partial charge < -0.3 is 15.0 Å². The summed E-state index contributed by atoms with van der Waals surface area (Å²) in [5.41, 5.74) is 1.44. The van der Waals surface area contributed by atoms with Gasteiger partial charge in [0.25, 0.3) is 0 Å². The third-order valence-corrected chi connectivity index (χ3v) is 5.86. The van der Waals surface area contributed by atoms with E-state index in [1.165, 1.54) is 6.07 Å². The zero-order valence-corrected chi connectivity index (χ0v) is 17.6. The SMILES string of the molecule is O=C(C[C@@H](c1cccc(C(F)(F)F)c1)c1c[nH]c2ccccc12)NCCN1CCOCC1. The van der Waals surface area contributed by atoms with Gasteiger partial charge in [-0.3, -0.25) is 9.69 Å². The molecule has 0 bridgehead atoms. The van der Waals surface area contributed by atoms with Crippen LogP contribution in [0.5, 0.6) is 0 Å². The number of ether oxygens (including phenoxy) is 1. The molecular weight excluding hydrogens is 419 g/mol. The minimum absolute atomic E-state index is 0.0618. The lowest BCUT2D eigenvalue weighted by atomic mass is 9.87. The molecule has 1 atom stereocenters. The molecule has 1 fully saturated rings. The monoisotopic (exact) mass is 445 g/mol. The number of carbonyl (C=O) groups excluding carboxylic acids is 1. The molecule has 1 aliphatic heterocycles. The van der Waals surface area contributed by atoms with E-state index >= 15 is 0 Å². The number of carbonyl (C=O) groups is 1. The molecule has 8 heteroatoms. The fraction of sp³-hybridized carbons (Fsp3) is 0.375. The summed E-state index contributed by atoms with van der Waals surface area (Å²) >= 11 is 0. The van der Waals surface area contributed by atoms with Crippen molar-refractivity contribution in [2.24, 2.45) is 0 Å². The van der Waals surface area contributed by atoms with E-state index in [-0.39, 0.29) is 12.3 Å². The zero-order valence-electron chi connectivity index (χ0n) is 17.6. The quantitative estimate of drug-likeness (QED) is 0.574. The molecule has 1 amide bonds. The van der Waals surface area contributed by atoms with Gasteiger partial charge in [-0.25, -0.2) is 0 Å². The van der Waals surface area contributed by atoms with Crippen LogP contribution < -0.4 is 5.32 Å². The lowest BCUT2D eigenvalue weighted by molar-refractivity contribution is -0.137. The van der Waals surface area contributed by atoms with Crippen LogP contribution in [-0.4, -0.2) is 55.2 Å². The van der Waals surface area contributed by atoms with E-state index in [0.29, 0.717) is 25.3 Å². The molecule has 2 heterocycles. The van der Waals surface area contributed by atoms with Crippen molar-refractivity contribution < 1.29 is 22.7 Å². The number of nitrogens with zero attached hydrogens (tertiary/aromatic N) is 1. The first-order valence-electron chi connectivity index (χ1n) is 10.7. The summed E-state index contributed by atoms with van der Waals surface area (Å²) in [5, 5.41) is 3.83. The summed E-state index contributed by atoms with van der Waals surface area (Å²) in [7, 11) is 0. The van der Waals surface area contributed by atoms with Crippen LogP contribution in [0.3, 0.4) is 0 Å². The Balaban J connectivity index is 1.55. The average molecular weight is 445 g/mol. The minimum atomic E-state index is -4.44. The molecule has 1 aromatic heterocycles. The Bertz CT molecular complexity index is 1060. The normalized spacial score (nSPS) is 16.2. The van der Waals surface area contributed by atoms with Crippen molar-refractivity contribution in [3.63, 3.8) is 0 Å². The highest BCUT2D eigenvalue weighted by atomic mass is 19.4. The topological polar surface area (TPSA) is 57.4 Å². The lowest BCUT2D eigenvalue weighted by Crippen LogP contribution is -2.41. The average Bonchev–Trinajstić information content (AvgIpc) is 3.22. The molecule has 0 saturated carbocycles. The lowest BCUT2D eigenvalue weighted by Gasteiger charge is -2.26. The Morgan fingerprint density at radius 2 is 1.91 bits per heavy atom. The number of fused-ring (bicyclic) bond motifs is 1. The Hall–Kier alpha value is -2.84. The van der Waals surface area contributed by atoms with E-state index in [0.717, 1.165) is 48.2 Å². The van der Waals surface area contributed by atoms with Gasteiger partial charge in [-0.1, -0.05) is 36.4 Å². The van der Waals surface area contributed by atoms with Gasteiger partial charge in [0.2, 0.25) is 5.91 Å². The highest BCUT2D eigenvalue weighted by molar-refractivity contribution is 5.86.